The van der Waals surface area contributed by atoms with Gasteiger partial charge < -0.3 is 4.90 Å². The van der Waals surface area contributed by atoms with Crippen molar-refractivity contribution >= 4 is 39.3 Å². The van der Waals surface area contributed by atoms with Gasteiger partial charge in [-0.2, -0.15) is 0 Å². The van der Waals surface area contributed by atoms with E-state index in [0.717, 1.165) is 25.6 Å². The highest BCUT2D eigenvalue weighted by molar-refractivity contribution is 14.1. The standard InChI is InChI=1S/C21H20FIN2O/c1-14(10-11-22)25(2)21(26)19-13-15-6-3-4-9-18(15)20(24-19)16-7-5-8-17(23)12-16/h3-9,12-14H,10-11H2,1-2H3. The lowest BCUT2D eigenvalue weighted by molar-refractivity contribution is 0.0727. The number of halogens is 2. The van der Waals surface area contributed by atoms with E-state index in [1.165, 1.54) is 0 Å². The van der Waals surface area contributed by atoms with Crippen LogP contribution >= 0.6 is 22.6 Å². The van der Waals surface area contributed by atoms with E-state index in [1.807, 2.05) is 55.5 Å². The summed E-state index contributed by atoms with van der Waals surface area (Å²) in [5.41, 5.74) is 2.14. The number of amides is 1. The Labute approximate surface area is 166 Å². The van der Waals surface area contributed by atoms with Crippen molar-refractivity contribution < 1.29 is 9.18 Å². The number of hydrogen-bond donors (Lipinski definition) is 0. The maximum absolute atomic E-state index is 12.9. The number of pyridine rings is 1. The zero-order chi connectivity index (χ0) is 18.7. The second kappa shape index (κ2) is 8.12. The van der Waals surface area contributed by atoms with Gasteiger partial charge in [0.05, 0.1) is 12.4 Å². The van der Waals surface area contributed by atoms with Crippen LogP contribution in [0.4, 0.5) is 4.39 Å². The topological polar surface area (TPSA) is 33.2 Å². The number of rotatable bonds is 5. The number of carbonyl (C=O) groups excluding carboxylic acids is 1. The summed E-state index contributed by atoms with van der Waals surface area (Å²) >= 11 is 2.27. The van der Waals surface area contributed by atoms with Crippen molar-refractivity contribution in [2.45, 2.75) is 19.4 Å². The van der Waals surface area contributed by atoms with Gasteiger partial charge in [0.25, 0.3) is 5.91 Å². The minimum Gasteiger partial charge on any atom is -0.338 e. The van der Waals surface area contributed by atoms with Crippen molar-refractivity contribution in [3.8, 4) is 11.3 Å². The third-order valence-corrected chi connectivity index (χ3v) is 5.24. The zero-order valence-electron chi connectivity index (χ0n) is 14.7. The monoisotopic (exact) mass is 462 g/mol. The van der Waals surface area contributed by atoms with Gasteiger partial charge in [-0.3, -0.25) is 9.18 Å². The Morgan fingerprint density at radius 3 is 2.69 bits per heavy atom. The molecule has 0 N–H and O–H groups in total. The summed E-state index contributed by atoms with van der Waals surface area (Å²) in [6.07, 6.45) is 0.319. The number of fused-ring (bicyclic) bond motifs is 1. The minimum absolute atomic E-state index is 0.179. The van der Waals surface area contributed by atoms with Crippen LogP contribution in [0.25, 0.3) is 22.0 Å². The van der Waals surface area contributed by atoms with E-state index >= 15 is 0 Å². The molecule has 0 aliphatic heterocycles. The molecule has 1 aromatic heterocycles. The summed E-state index contributed by atoms with van der Waals surface area (Å²) in [5.74, 6) is -0.191. The Morgan fingerprint density at radius 2 is 1.96 bits per heavy atom. The van der Waals surface area contributed by atoms with Crippen LogP contribution in [0.5, 0.6) is 0 Å². The van der Waals surface area contributed by atoms with Crippen molar-refractivity contribution in [2.75, 3.05) is 13.7 Å². The molecule has 1 atom stereocenters. The lowest BCUT2D eigenvalue weighted by Crippen LogP contribution is -2.35. The van der Waals surface area contributed by atoms with E-state index in [9.17, 15) is 9.18 Å². The van der Waals surface area contributed by atoms with Crippen LogP contribution in [0.2, 0.25) is 0 Å². The smallest absolute Gasteiger partial charge is 0.272 e. The average Bonchev–Trinajstić information content (AvgIpc) is 2.66. The van der Waals surface area contributed by atoms with Gasteiger partial charge in [0.15, 0.2) is 0 Å². The van der Waals surface area contributed by atoms with Gasteiger partial charge in [-0.25, -0.2) is 4.98 Å². The van der Waals surface area contributed by atoms with Gasteiger partial charge in [-0.05, 0) is 59.5 Å². The molecule has 0 saturated carbocycles. The number of benzene rings is 2. The fraction of sp³-hybridized carbons (Fsp3) is 0.238. The number of hydrogen-bond acceptors (Lipinski definition) is 2. The van der Waals surface area contributed by atoms with E-state index in [4.69, 9.17) is 0 Å². The van der Waals surface area contributed by atoms with Crippen LogP contribution in [-0.2, 0) is 0 Å². The molecule has 1 heterocycles. The van der Waals surface area contributed by atoms with Crippen LogP contribution in [-0.4, -0.2) is 35.6 Å². The molecule has 0 fully saturated rings. The van der Waals surface area contributed by atoms with Crippen molar-refractivity contribution in [3.05, 3.63) is 63.9 Å². The first kappa shape index (κ1) is 18.8. The molecule has 0 spiro atoms. The van der Waals surface area contributed by atoms with Gasteiger partial charge in [-0.15, -0.1) is 0 Å². The molecule has 2 aromatic carbocycles. The van der Waals surface area contributed by atoms with Crippen LogP contribution < -0.4 is 0 Å². The molecule has 3 aromatic rings. The Morgan fingerprint density at radius 1 is 1.19 bits per heavy atom. The Balaban J connectivity index is 2.12. The maximum atomic E-state index is 12.9. The lowest BCUT2D eigenvalue weighted by atomic mass is 10.0. The molecule has 0 saturated heterocycles. The van der Waals surface area contributed by atoms with Gasteiger partial charge in [0.1, 0.15) is 5.69 Å². The van der Waals surface area contributed by atoms with E-state index in [-0.39, 0.29) is 11.9 Å². The molecule has 1 unspecified atom stereocenters. The first-order valence-electron chi connectivity index (χ1n) is 8.50. The molecule has 1 amide bonds. The SMILES string of the molecule is CC(CCF)N(C)C(=O)c1cc2ccccc2c(-c2cccc(I)c2)n1. The summed E-state index contributed by atoms with van der Waals surface area (Å²) in [4.78, 5) is 19.1. The van der Waals surface area contributed by atoms with Crippen molar-refractivity contribution in [2.24, 2.45) is 0 Å². The summed E-state index contributed by atoms with van der Waals surface area (Å²) in [7, 11) is 1.70. The molecule has 5 heteroatoms. The minimum atomic E-state index is -0.447. The highest BCUT2D eigenvalue weighted by Gasteiger charge is 2.20. The highest BCUT2D eigenvalue weighted by atomic mass is 127. The molecular weight excluding hydrogens is 442 g/mol. The van der Waals surface area contributed by atoms with E-state index in [0.29, 0.717) is 12.1 Å². The summed E-state index contributed by atoms with van der Waals surface area (Å²) in [6.45, 7) is 1.40. The molecule has 0 bridgehead atoms. The molecule has 0 aliphatic carbocycles. The quantitative estimate of drug-likeness (QED) is 0.481. The van der Waals surface area contributed by atoms with Gasteiger partial charge >= 0.3 is 0 Å². The molecule has 3 nitrogen and oxygen atoms in total. The van der Waals surface area contributed by atoms with Gasteiger partial charge in [0, 0.05) is 27.6 Å². The summed E-state index contributed by atoms with van der Waals surface area (Å²) in [6, 6.07) is 17.6. The first-order valence-corrected chi connectivity index (χ1v) is 9.58. The highest BCUT2D eigenvalue weighted by Crippen LogP contribution is 2.29. The van der Waals surface area contributed by atoms with Crippen molar-refractivity contribution in [1.29, 1.82) is 0 Å². The maximum Gasteiger partial charge on any atom is 0.272 e. The zero-order valence-corrected chi connectivity index (χ0v) is 16.9. The fourth-order valence-electron chi connectivity index (χ4n) is 2.90. The van der Waals surface area contributed by atoms with Crippen LogP contribution in [0, 0.1) is 3.57 Å². The fourth-order valence-corrected chi connectivity index (χ4v) is 3.44. The molecule has 3 rings (SSSR count). The van der Waals surface area contributed by atoms with Gasteiger partial charge in [-0.1, -0.05) is 36.4 Å². The van der Waals surface area contributed by atoms with Gasteiger partial charge in [0.2, 0.25) is 0 Å². The van der Waals surface area contributed by atoms with Crippen LogP contribution in [0.1, 0.15) is 23.8 Å². The Hall–Kier alpha value is -2.02. The van der Waals surface area contributed by atoms with Crippen LogP contribution in [0.15, 0.2) is 54.6 Å². The van der Waals surface area contributed by atoms with Crippen molar-refractivity contribution in [3.63, 3.8) is 0 Å². The number of carbonyl (C=O) groups is 1. The normalized spacial score (nSPS) is 12.2. The molecule has 134 valence electrons. The van der Waals surface area contributed by atoms with E-state index in [2.05, 4.69) is 33.6 Å². The summed E-state index contributed by atoms with van der Waals surface area (Å²) in [5, 5.41) is 1.97. The molecule has 0 radical (unpaired) electrons. The number of alkyl halides is 1. The first-order chi connectivity index (χ1) is 12.5. The summed E-state index contributed by atoms with van der Waals surface area (Å²) < 4.78 is 13.8. The number of aromatic nitrogens is 1. The number of nitrogens with zero attached hydrogens (tertiary/aromatic N) is 2. The van der Waals surface area contributed by atoms with Crippen LogP contribution in [0.3, 0.4) is 0 Å². The third kappa shape index (κ3) is 3.87. The Bertz CT molecular complexity index is 944. The largest absolute Gasteiger partial charge is 0.338 e. The second-order valence-electron chi connectivity index (χ2n) is 6.33. The molecule has 26 heavy (non-hydrogen) atoms. The third-order valence-electron chi connectivity index (χ3n) is 4.57. The second-order valence-corrected chi connectivity index (χ2v) is 7.58. The molecule has 0 aliphatic rings. The predicted molar refractivity (Wildman–Crippen MR) is 112 cm³/mol. The van der Waals surface area contributed by atoms with E-state index < -0.39 is 6.67 Å². The Kier molecular flexibility index (Phi) is 5.86. The lowest BCUT2D eigenvalue weighted by Gasteiger charge is -2.24. The predicted octanol–water partition coefficient (Wildman–Crippen LogP) is 5.33. The van der Waals surface area contributed by atoms with E-state index in [1.54, 1.807) is 11.9 Å². The molecular formula is C21H20FIN2O. The van der Waals surface area contributed by atoms with Crippen molar-refractivity contribution in [1.82, 2.24) is 9.88 Å². The average molecular weight is 462 g/mol.